The summed E-state index contributed by atoms with van der Waals surface area (Å²) < 4.78 is 66.3. The van der Waals surface area contributed by atoms with E-state index >= 15 is 0 Å². The molecular weight excluding hydrogens is 307 g/mol. The number of nitrogens with zero attached hydrogens (tertiary/aromatic N) is 1. The van der Waals surface area contributed by atoms with E-state index in [0.29, 0.717) is 25.9 Å². The van der Waals surface area contributed by atoms with Gasteiger partial charge in [0.2, 0.25) is 0 Å². The van der Waals surface area contributed by atoms with Crippen molar-refractivity contribution >= 4 is 0 Å². The van der Waals surface area contributed by atoms with Gasteiger partial charge in [-0.2, -0.15) is 22.0 Å². The maximum atomic E-state index is 12.6. The molecule has 130 valence electrons. The van der Waals surface area contributed by atoms with Crippen molar-refractivity contribution in [2.45, 2.75) is 44.5 Å². The summed E-state index contributed by atoms with van der Waals surface area (Å²) in [6.45, 7) is 0.0209. The van der Waals surface area contributed by atoms with Crippen LogP contribution < -0.4 is 5.32 Å². The summed E-state index contributed by atoms with van der Waals surface area (Å²) in [5.74, 6) is -0.882. The lowest BCUT2D eigenvalue weighted by atomic mass is 9.81. The number of ether oxygens (including phenoxy) is 1. The number of alkyl halides is 5. The summed E-state index contributed by atoms with van der Waals surface area (Å²) in [5, 5.41) is 3.12. The molecule has 0 aromatic rings. The SMILES string of the molecule is FC(F)OCC1CN(CC2CCC(C(F)(F)F)CC2)CCN1. The molecule has 1 saturated heterocycles. The number of nitrogens with one attached hydrogen (secondary N) is 1. The van der Waals surface area contributed by atoms with E-state index in [1.165, 1.54) is 0 Å². The second-order valence-corrected chi connectivity index (χ2v) is 6.26. The van der Waals surface area contributed by atoms with Crippen LogP contribution in [-0.2, 0) is 4.74 Å². The van der Waals surface area contributed by atoms with Crippen LogP contribution in [0.25, 0.3) is 0 Å². The van der Waals surface area contributed by atoms with Crippen molar-refractivity contribution in [1.29, 1.82) is 0 Å². The second-order valence-electron chi connectivity index (χ2n) is 6.26. The van der Waals surface area contributed by atoms with Gasteiger partial charge in [0.1, 0.15) is 0 Å². The van der Waals surface area contributed by atoms with Gasteiger partial charge in [-0.15, -0.1) is 0 Å². The average molecular weight is 330 g/mol. The Morgan fingerprint density at radius 1 is 1.14 bits per heavy atom. The number of piperazine rings is 1. The minimum Gasteiger partial charge on any atom is -0.321 e. The third-order valence-electron chi connectivity index (χ3n) is 4.59. The standard InChI is InChI=1S/C14H23F5N2O/c15-13(16)22-9-12-8-21(6-5-20-12)7-10-1-3-11(4-2-10)14(17,18)19/h10-13,20H,1-9H2. The van der Waals surface area contributed by atoms with E-state index in [9.17, 15) is 22.0 Å². The predicted octanol–water partition coefficient (Wildman–Crippen LogP) is 2.87. The van der Waals surface area contributed by atoms with Gasteiger partial charge in [-0.25, -0.2) is 0 Å². The molecule has 1 heterocycles. The molecule has 0 aromatic carbocycles. The van der Waals surface area contributed by atoms with Crippen LogP contribution in [-0.4, -0.2) is 56.5 Å². The Morgan fingerprint density at radius 3 is 2.41 bits per heavy atom. The zero-order valence-corrected chi connectivity index (χ0v) is 12.4. The lowest BCUT2D eigenvalue weighted by Gasteiger charge is -2.37. The first-order chi connectivity index (χ1) is 10.3. The Kier molecular flexibility index (Phi) is 6.40. The van der Waals surface area contributed by atoms with E-state index in [1.54, 1.807) is 0 Å². The van der Waals surface area contributed by atoms with Crippen molar-refractivity contribution < 1.29 is 26.7 Å². The van der Waals surface area contributed by atoms with Gasteiger partial charge in [-0.1, -0.05) is 0 Å². The van der Waals surface area contributed by atoms with Gasteiger partial charge in [0.15, 0.2) is 0 Å². The van der Waals surface area contributed by atoms with E-state index in [1.807, 2.05) is 0 Å². The third kappa shape index (κ3) is 5.62. The Balaban J connectivity index is 1.70. The van der Waals surface area contributed by atoms with Gasteiger partial charge in [-0.3, -0.25) is 0 Å². The summed E-state index contributed by atoms with van der Waals surface area (Å²) in [4.78, 5) is 2.15. The topological polar surface area (TPSA) is 24.5 Å². The zero-order chi connectivity index (χ0) is 16.2. The van der Waals surface area contributed by atoms with Crippen LogP contribution in [0.4, 0.5) is 22.0 Å². The monoisotopic (exact) mass is 330 g/mol. The minimum absolute atomic E-state index is 0.0466. The van der Waals surface area contributed by atoms with Crippen molar-refractivity contribution in [2.24, 2.45) is 11.8 Å². The van der Waals surface area contributed by atoms with Gasteiger partial charge in [0.25, 0.3) is 0 Å². The van der Waals surface area contributed by atoms with E-state index in [2.05, 4.69) is 15.0 Å². The maximum Gasteiger partial charge on any atom is 0.391 e. The highest BCUT2D eigenvalue weighted by molar-refractivity contribution is 4.83. The van der Waals surface area contributed by atoms with E-state index in [-0.39, 0.29) is 31.4 Å². The van der Waals surface area contributed by atoms with Crippen LogP contribution in [0.2, 0.25) is 0 Å². The molecule has 0 spiro atoms. The number of rotatable bonds is 5. The molecule has 8 heteroatoms. The minimum atomic E-state index is -4.07. The summed E-state index contributed by atoms with van der Waals surface area (Å²) in [6, 6.07) is -0.144. The smallest absolute Gasteiger partial charge is 0.321 e. The molecular formula is C14H23F5N2O. The molecule has 22 heavy (non-hydrogen) atoms. The zero-order valence-electron chi connectivity index (χ0n) is 12.4. The molecule has 2 fully saturated rings. The molecule has 0 radical (unpaired) electrons. The van der Waals surface area contributed by atoms with E-state index < -0.39 is 18.7 Å². The van der Waals surface area contributed by atoms with Crippen LogP contribution in [0, 0.1) is 11.8 Å². The van der Waals surface area contributed by atoms with E-state index in [0.717, 1.165) is 13.1 Å². The van der Waals surface area contributed by atoms with Gasteiger partial charge in [-0.05, 0) is 31.6 Å². The first-order valence-electron chi connectivity index (χ1n) is 7.77. The van der Waals surface area contributed by atoms with Gasteiger partial charge >= 0.3 is 12.8 Å². The highest BCUT2D eigenvalue weighted by atomic mass is 19.4. The Morgan fingerprint density at radius 2 is 1.82 bits per heavy atom. The third-order valence-corrected chi connectivity index (χ3v) is 4.59. The number of hydrogen-bond donors (Lipinski definition) is 1. The summed E-state index contributed by atoms with van der Waals surface area (Å²) in [5.41, 5.74) is 0. The normalized spacial score (nSPS) is 31.6. The molecule has 0 bridgehead atoms. The summed E-state index contributed by atoms with van der Waals surface area (Å²) >= 11 is 0. The maximum absolute atomic E-state index is 12.6. The molecule has 1 aliphatic heterocycles. The lowest BCUT2D eigenvalue weighted by molar-refractivity contribution is -0.184. The van der Waals surface area contributed by atoms with Crippen molar-refractivity contribution in [3.05, 3.63) is 0 Å². The highest BCUT2D eigenvalue weighted by Crippen LogP contribution is 2.39. The molecule has 2 rings (SSSR count). The van der Waals surface area contributed by atoms with Crippen molar-refractivity contribution in [1.82, 2.24) is 10.2 Å². The first kappa shape index (κ1) is 17.9. The van der Waals surface area contributed by atoms with Crippen LogP contribution in [0.1, 0.15) is 25.7 Å². The number of halogens is 5. The molecule has 0 aromatic heterocycles. The fourth-order valence-corrected chi connectivity index (χ4v) is 3.40. The molecule has 1 N–H and O–H groups in total. The van der Waals surface area contributed by atoms with Crippen molar-refractivity contribution in [3.8, 4) is 0 Å². The van der Waals surface area contributed by atoms with Crippen LogP contribution in [0.3, 0.4) is 0 Å². The van der Waals surface area contributed by atoms with Crippen LogP contribution >= 0.6 is 0 Å². The summed E-state index contributed by atoms with van der Waals surface area (Å²) in [6.07, 6.45) is -2.48. The quantitative estimate of drug-likeness (QED) is 0.785. The molecule has 1 atom stereocenters. The fourth-order valence-electron chi connectivity index (χ4n) is 3.40. The predicted molar refractivity (Wildman–Crippen MR) is 71.7 cm³/mol. The summed E-state index contributed by atoms with van der Waals surface area (Å²) in [7, 11) is 0. The average Bonchev–Trinajstić information content (AvgIpc) is 2.45. The highest BCUT2D eigenvalue weighted by Gasteiger charge is 2.41. The van der Waals surface area contributed by atoms with Crippen molar-refractivity contribution in [3.63, 3.8) is 0 Å². The Bertz CT molecular complexity index is 332. The number of hydrogen-bond acceptors (Lipinski definition) is 3. The molecule has 1 aliphatic carbocycles. The molecule has 3 nitrogen and oxygen atoms in total. The van der Waals surface area contributed by atoms with E-state index in [4.69, 9.17) is 0 Å². The Labute approximate surface area is 127 Å². The van der Waals surface area contributed by atoms with Gasteiger partial charge in [0, 0.05) is 32.2 Å². The van der Waals surface area contributed by atoms with Crippen LogP contribution in [0.15, 0.2) is 0 Å². The Hall–Kier alpha value is -0.470. The first-order valence-corrected chi connectivity index (χ1v) is 7.77. The van der Waals surface area contributed by atoms with Gasteiger partial charge in [0.05, 0.1) is 12.5 Å². The molecule has 2 aliphatic rings. The van der Waals surface area contributed by atoms with Crippen molar-refractivity contribution in [2.75, 3.05) is 32.8 Å². The molecule has 1 saturated carbocycles. The lowest BCUT2D eigenvalue weighted by Crippen LogP contribution is -2.53. The molecule has 0 amide bonds. The largest absolute Gasteiger partial charge is 0.391 e. The second kappa shape index (κ2) is 7.88. The molecule has 1 unspecified atom stereocenters. The van der Waals surface area contributed by atoms with Gasteiger partial charge < -0.3 is 15.0 Å². The van der Waals surface area contributed by atoms with Crippen LogP contribution in [0.5, 0.6) is 0 Å². The fraction of sp³-hybridized carbons (Fsp3) is 1.00.